The molecule has 9 heteroatoms. The highest BCUT2D eigenvalue weighted by Crippen LogP contribution is 2.43. The van der Waals surface area contributed by atoms with Crippen molar-refractivity contribution in [2.24, 2.45) is 0 Å². The van der Waals surface area contributed by atoms with Crippen molar-refractivity contribution in [2.45, 2.75) is 366 Å². The molecule has 8 nitrogen and oxygen atoms in total. The molecule has 0 aliphatic heterocycles. The number of quaternary nitrogens is 1. The normalized spacial score (nSPS) is 14.0. The second kappa shape index (κ2) is 66.4. The van der Waals surface area contributed by atoms with Gasteiger partial charge in [0.25, 0.3) is 0 Å². The summed E-state index contributed by atoms with van der Waals surface area (Å²) in [7, 11) is 1.59. The molecule has 0 aromatic heterocycles. The van der Waals surface area contributed by atoms with Gasteiger partial charge in [0.2, 0.25) is 5.91 Å². The summed E-state index contributed by atoms with van der Waals surface area (Å²) in [6, 6.07) is -0.849. The first kappa shape index (κ1) is 82.9. The number of amides is 1. The molecule has 0 aromatic carbocycles. The van der Waals surface area contributed by atoms with E-state index >= 15 is 0 Å². The van der Waals surface area contributed by atoms with Crippen LogP contribution < -0.4 is 5.32 Å². The number of hydrogen-bond donors (Lipinski definition) is 3. The Balaban J connectivity index is 3.99. The number of phosphoric acid groups is 1. The fourth-order valence-corrected chi connectivity index (χ4v) is 11.8. The Morgan fingerprint density at radius 2 is 0.706 bits per heavy atom. The molecule has 0 spiro atoms. The van der Waals surface area contributed by atoms with Crippen LogP contribution in [0.1, 0.15) is 354 Å². The third-order valence-corrected chi connectivity index (χ3v) is 17.7. The van der Waals surface area contributed by atoms with E-state index in [2.05, 4.69) is 79.9 Å². The van der Waals surface area contributed by atoms with Crippen LogP contribution in [0.3, 0.4) is 0 Å². The minimum Gasteiger partial charge on any atom is -0.387 e. The van der Waals surface area contributed by atoms with E-state index in [0.29, 0.717) is 17.4 Å². The smallest absolute Gasteiger partial charge is 0.387 e. The summed E-state index contributed by atoms with van der Waals surface area (Å²) >= 11 is 0. The van der Waals surface area contributed by atoms with Gasteiger partial charge in [-0.05, 0) is 64.2 Å². The first-order chi connectivity index (χ1) is 41.5. The molecule has 0 aliphatic rings. The van der Waals surface area contributed by atoms with E-state index in [0.717, 1.165) is 70.6 Å². The average Bonchev–Trinajstić information content (AvgIpc) is 3.49. The summed E-state index contributed by atoms with van der Waals surface area (Å²) in [5.74, 6) is -0.171. The highest BCUT2D eigenvalue weighted by molar-refractivity contribution is 7.47. The SMILES string of the molecule is CC/C=C\C/C=C\C/C=C\C/C=C\C/C=C\CCCCCCCCCCCCCCCCCCCCCCCC(=O)NC(COP(=O)(O)OCC[N+](C)(C)C)C(O)/C=C/CCCCCCCCCCCCCCCCCCCCCCCCCC. The van der Waals surface area contributed by atoms with Gasteiger partial charge in [-0.1, -0.05) is 356 Å². The number of nitrogens with zero attached hydrogens (tertiary/aromatic N) is 1. The summed E-state index contributed by atoms with van der Waals surface area (Å²) in [4.78, 5) is 23.5. The molecule has 85 heavy (non-hydrogen) atoms. The molecule has 3 N–H and O–H groups in total. The van der Waals surface area contributed by atoms with Crippen LogP contribution in [0.4, 0.5) is 0 Å². The molecule has 0 saturated heterocycles. The minimum absolute atomic E-state index is 0.0621. The third-order valence-electron chi connectivity index (χ3n) is 16.7. The van der Waals surface area contributed by atoms with E-state index in [1.807, 2.05) is 27.2 Å². The predicted octanol–water partition coefficient (Wildman–Crippen LogP) is 23.7. The molecule has 0 aromatic rings. The minimum atomic E-state index is -4.36. The van der Waals surface area contributed by atoms with Gasteiger partial charge in [0, 0.05) is 6.42 Å². The van der Waals surface area contributed by atoms with Gasteiger partial charge in [0.15, 0.2) is 0 Å². The predicted molar refractivity (Wildman–Crippen MR) is 373 cm³/mol. The molecule has 3 atom stereocenters. The highest BCUT2D eigenvalue weighted by atomic mass is 31.2. The zero-order valence-corrected chi connectivity index (χ0v) is 58.0. The van der Waals surface area contributed by atoms with Gasteiger partial charge in [0.05, 0.1) is 39.9 Å². The number of phosphoric ester groups is 1. The number of aliphatic hydroxyl groups is 1. The summed E-state index contributed by atoms with van der Waals surface area (Å²) in [6.45, 7) is 4.75. The zero-order chi connectivity index (χ0) is 61.9. The van der Waals surface area contributed by atoms with E-state index in [1.54, 1.807) is 6.08 Å². The Morgan fingerprint density at radius 1 is 0.412 bits per heavy atom. The molecule has 0 aliphatic carbocycles. The molecule has 498 valence electrons. The zero-order valence-electron chi connectivity index (χ0n) is 57.1. The van der Waals surface area contributed by atoms with Gasteiger partial charge in [-0.15, -0.1) is 0 Å². The van der Waals surface area contributed by atoms with Crippen molar-refractivity contribution in [3.63, 3.8) is 0 Å². The Morgan fingerprint density at radius 3 is 1.04 bits per heavy atom. The van der Waals surface area contributed by atoms with Crippen LogP contribution in [-0.2, 0) is 18.4 Å². The maximum Gasteiger partial charge on any atom is 0.472 e. The monoisotopic (exact) mass is 1210 g/mol. The maximum atomic E-state index is 13.1. The van der Waals surface area contributed by atoms with Crippen molar-refractivity contribution in [1.82, 2.24) is 5.32 Å². The summed E-state index contributed by atoms with van der Waals surface area (Å²) < 4.78 is 23.9. The first-order valence-corrected chi connectivity index (χ1v) is 38.3. The van der Waals surface area contributed by atoms with E-state index in [4.69, 9.17) is 9.05 Å². The fourth-order valence-electron chi connectivity index (χ4n) is 11.0. The molecule has 0 fully saturated rings. The number of carbonyl (C=O) groups is 1. The average molecular weight is 1210 g/mol. The first-order valence-electron chi connectivity index (χ1n) is 36.8. The van der Waals surface area contributed by atoms with E-state index < -0.39 is 20.0 Å². The molecular weight excluding hydrogens is 1070 g/mol. The quantitative estimate of drug-likeness (QED) is 0.0243. The van der Waals surface area contributed by atoms with Crippen LogP contribution in [-0.4, -0.2) is 73.4 Å². The molecular formula is C76H144N2O6P+. The van der Waals surface area contributed by atoms with Crippen molar-refractivity contribution < 1.29 is 32.9 Å². The molecule has 0 heterocycles. The number of rotatable bonds is 68. The molecule has 1 amide bonds. The van der Waals surface area contributed by atoms with Crippen LogP contribution in [0.15, 0.2) is 72.9 Å². The molecule has 0 rings (SSSR count). The number of likely N-dealkylation sites (N-methyl/N-ethyl adjacent to an activating group) is 1. The molecule has 0 radical (unpaired) electrons. The highest BCUT2D eigenvalue weighted by Gasteiger charge is 2.28. The number of aliphatic hydroxyl groups excluding tert-OH is 1. The molecule has 0 saturated carbocycles. The number of unbranched alkanes of at least 4 members (excludes halogenated alkanes) is 45. The summed E-state index contributed by atoms with van der Waals surface area (Å²) in [5.41, 5.74) is 0. The maximum absolute atomic E-state index is 13.1. The van der Waals surface area contributed by atoms with Gasteiger partial charge in [-0.2, -0.15) is 0 Å². The van der Waals surface area contributed by atoms with Crippen LogP contribution >= 0.6 is 7.82 Å². The van der Waals surface area contributed by atoms with Gasteiger partial charge in [0.1, 0.15) is 13.2 Å². The van der Waals surface area contributed by atoms with Crippen LogP contribution in [0.25, 0.3) is 0 Å². The summed E-state index contributed by atoms with van der Waals surface area (Å²) in [5, 5.41) is 14.0. The van der Waals surface area contributed by atoms with Crippen LogP contribution in [0.5, 0.6) is 0 Å². The third kappa shape index (κ3) is 69.3. The van der Waals surface area contributed by atoms with Crippen molar-refractivity contribution >= 4 is 13.7 Å². The van der Waals surface area contributed by atoms with E-state index in [1.165, 1.54) is 263 Å². The topological polar surface area (TPSA) is 105 Å². The van der Waals surface area contributed by atoms with Gasteiger partial charge < -0.3 is 19.8 Å². The Labute approximate surface area is 529 Å². The van der Waals surface area contributed by atoms with Gasteiger partial charge in [-0.3, -0.25) is 13.8 Å². The Hall–Kier alpha value is -2.06. The standard InChI is InChI=1S/C76H143N2O6P/c1-6-8-10-12-14-16-18-20-22-24-26-28-30-32-34-35-36-37-38-39-40-41-42-43-44-46-48-50-52-54-56-58-60-62-64-66-68-70-76(80)77-74(73-84-85(81,82)83-72-71-78(3,4)5)75(79)69-67-65-63-61-59-57-55-53-51-49-47-45-33-31-29-27-25-23-21-19-17-15-13-11-9-7-2/h8,10,14,16,20,22,26,28,32,34,67,69,74-75,79H,6-7,9,11-13,15,17-19,21,23-25,27,29-31,33,35-66,68,70-73H2,1-5H3,(H-,77,80,81,82)/p+1/b10-8-,16-14-,22-20-,28-26-,34-32-,69-67+. The second-order valence-corrected chi connectivity index (χ2v) is 27.7. The van der Waals surface area contributed by atoms with E-state index in [-0.39, 0.29) is 19.1 Å². The van der Waals surface area contributed by atoms with E-state index in [9.17, 15) is 19.4 Å². The lowest BCUT2D eigenvalue weighted by Crippen LogP contribution is -2.45. The lowest BCUT2D eigenvalue weighted by atomic mass is 10.0. The number of hydrogen-bond acceptors (Lipinski definition) is 5. The van der Waals surface area contributed by atoms with Crippen molar-refractivity contribution in [1.29, 1.82) is 0 Å². The largest absolute Gasteiger partial charge is 0.472 e. The Bertz CT molecular complexity index is 1620. The lowest BCUT2D eigenvalue weighted by molar-refractivity contribution is -0.870. The van der Waals surface area contributed by atoms with Crippen molar-refractivity contribution in [3.8, 4) is 0 Å². The second-order valence-electron chi connectivity index (χ2n) is 26.3. The molecule has 0 bridgehead atoms. The van der Waals surface area contributed by atoms with Crippen LogP contribution in [0.2, 0.25) is 0 Å². The molecule has 3 unspecified atom stereocenters. The summed E-state index contributed by atoms with van der Waals surface area (Å²) in [6.07, 6.45) is 93.5. The Kier molecular flexibility index (Phi) is 64.8. The van der Waals surface area contributed by atoms with Gasteiger partial charge in [-0.25, -0.2) is 4.57 Å². The fraction of sp³-hybridized carbons (Fsp3) is 0.829. The number of carbonyl (C=O) groups excluding carboxylic acids is 1. The van der Waals surface area contributed by atoms with Gasteiger partial charge >= 0.3 is 7.82 Å². The van der Waals surface area contributed by atoms with Crippen molar-refractivity contribution in [2.75, 3.05) is 40.9 Å². The van der Waals surface area contributed by atoms with Crippen molar-refractivity contribution in [3.05, 3.63) is 72.9 Å². The number of nitrogens with one attached hydrogen (secondary N) is 1. The number of allylic oxidation sites excluding steroid dienone is 11. The lowest BCUT2D eigenvalue weighted by Gasteiger charge is -2.25. The van der Waals surface area contributed by atoms with Crippen LogP contribution in [0, 0.1) is 0 Å².